The van der Waals surface area contributed by atoms with Crippen LogP contribution in [0.5, 0.6) is 11.5 Å². The minimum absolute atomic E-state index is 0.0522. The lowest BCUT2D eigenvalue weighted by atomic mass is 10.3. The SMILES string of the molecule is O=[N+]([O-])c1ccc(Oc2ccccc2S(=O)(=O)Cl)cc1. The fourth-order valence-electron chi connectivity index (χ4n) is 1.50. The summed E-state index contributed by atoms with van der Waals surface area (Å²) < 4.78 is 28.2. The molecule has 0 heterocycles. The summed E-state index contributed by atoms with van der Waals surface area (Å²) in [6.07, 6.45) is 0. The molecule has 0 N–H and O–H groups in total. The van der Waals surface area contributed by atoms with Gasteiger partial charge in [0.15, 0.2) is 0 Å². The minimum atomic E-state index is -3.94. The molecule has 0 amide bonds. The normalized spacial score (nSPS) is 11.1. The first-order valence-electron chi connectivity index (χ1n) is 5.34. The van der Waals surface area contributed by atoms with Gasteiger partial charge >= 0.3 is 0 Å². The van der Waals surface area contributed by atoms with Crippen molar-refractivity contribution in [2.24, 2.45) is 0 Å². The molecule has 0 aliphatic carbocycles. The first-order valence-corrected chi connectivity index (χ1v) is 7.65. The number of hydrogen-bond donors (Lipinski definition) is 0. The van der Waals surface area contributed by atoms with Gasteiger partial charge < -0.3 is 4.74 Å². The second-order valence-electron chi connectivity index (χ2n) is 3.74. The molecule has 8 heteroatoms. The summed E-state index contributed by atoms with van der Waals surface area (Å²) in [5.74, 6) is 0.319. The molecule has 0 fully saturated rings. The molecule has 0 bridgehead atoms. The topological polar surface area (TPSA) is 86.5 Å². The molecule has 0 aromatic heterocycles. The Labute approximate surface area is 119 Å². The number of nitro groups is 1. The zero-order valence-electron chi connectivity index (χ0n) is 9.89. The van der Waals surface area contributed by atoms with E-state index in [9.17, 15) is 18.5 Å². The Balaban J connectivity index is 2.33. The van der Waals surface area contributed by atoms with Crippen LogP contribution in [0.4, 0.5) is 5.69 Å². The van der Waals surface area contributed by atoms with Crippen molar-refractivity contribution in [3.63, 3.8) is 0 Å². The van der Waals surface area contributed by atoms with E-state index in [2.05, 4.69) is 0 Å². The van der Waals surface area contributed by atoms with Gasteiger partial charge in [0.1, 0.15) is 16.4 Å². The van der Waals surface area contributed by atoms with Gasteiger partial charge in [-0.25, -0.2) is 8.42 Å². The van der Waals surface area contributed by atoms with E-state index in [-0.39, 0.29) is 22.1 Å². The summed E-state index contributed by atoms with van der Waals surface area (Å²) in [6.45, 7) is 0. The highest BCUT2D eigenvalue weighted by Crippen LogP contribution is 2.31. The molecule has 0 saturated heterocycles. The third kappa shape index (κ3) is 3.25. The van der Waals surface area contributed by atoms with Gasteiger partial charge in [0.25, 0.3) is 14.7 Å². The van der Waals surface area contributed by atoms with Gasteiger partial charge in [-0.2, -0.15) is 0 Å². The van der Waals surface area contributed by atoms with Crippen molar-refractivity contribution in [1.82, 2.24) is 0 Å². The van der Waals surface area contributed by atoms with E-state index in [1.165, 1.54) is 42.5 Å². The van der Waals surface area contributed by atoms with Crippen LogP contribution in [0, 0.1) is 10.1 Å². The molecule has 104 valence electrons. The predicted octanol–water partition coefficient (Wildman–Crippen LogP) is 3.31. The third-order valence-electron chi connectivity index (χ3n) is 2.39. The van der Waals surface area contributed by atoms with Gasteiger partial charge in [-0.3, -0.25) is 10.1 Å². The summed E-state index contributed by atoms with van der Waals surface area (Å²) in [5.41, 5.74) is -0.0874. The standard InChI is InChI=1S/C12H8ClNO5S/c13-20(17,18)12-4-2-1-3-11(12)19-10-7-5-9(6-8-10)14(15)16/h1-8H. The summed E-state index contributed by atoms with van der Waals surface area (Å²) in [5, 5.41) is 10.5. The van der Waals surface area contributed by atoms with E-state index in [0.29, 0.717) is 0 Å². The molecule has 2 aromatic carbocycles. The summed E-state index contributed by atoms with van der Waals surface area (Å²) in [7, 11) is 1.36. The van der Waals surface area contributed by atoms with Crippen LogP contribution in [-0.2, 0) is 9.05 Å². The van der Waals surface area contributed by atoms with Crippen LogP contribution >= 0.6 is 10.7 Å². The Hall–Kier alpha value is -2.12. The molecule has 20 heavy (non-hydrogen) atoms. The van der Waals surface area contributed by atoms with Gasteiger partial charge in [-0.1, -0.05) is 12.1 Å². The van der Waals surface area contributed by atoms with Crippen molar-refractivity contribution in [3.05, 3.63) is 58.6 Å². The lowest BCUT2D eigenvalue weighted by Gasteiger charge is -2.08. The van der Waals surface area contributed by atoms with E-state index in [1.54, 1.807) is 6.07 Å². The number of rotatable bonds is 4. The number of nitrogens with zero attached hydrogens (tertiary/aromatic N) is 1. The minimum Gasteiger partial charge on any atom is -0.456 e. The Morgan fingerprint density at radius 3 is 2.20 bits per heavy atom. The van der Waals surface area contributed by atoms with Crippen LogP contribution in [0.25, 0.3) is 0 Å². The molecule has 0 aliphatic heterocycles. The first kappa shape index (κ1) is 14.3. The highest BCUT2D eigenvalue weighted by atomic mass is 35.7. The third-order valence-corrected chi connectivity index (χ3v) is 3.75. The van der Waals surface area contributed by atoms with Crippen molar-refractivity contribution in [1.29, 1.82) is 0 Å². The van der Waals surface area contributed by atoms with Crippen LogP contribution in [0.1, 0.15) is 0 Å². The lowest BCUT2D eigenvalue weighted by molar-refractivity contribution is -0.384. The van der Waals surface area contributed by atoms with Crippen molar-refractivity contribution < 1.29 is 18.1 Å². The smallest absolute Gasteiger partial charge is 0.269 e. The maximum absolute atomic E-state index is 11.4. The molecule has 2 aromatic rings. The summed E-state index contributed by atoms with van der Waals surface area (Å²) in [4.78, 5) is 9.82. The van der Waals surface area contributed by atoms with Crippen LogP contribution in [0.15, 0.2) is 53.4 Å². The first-order chi connectivity index (χ1) is 9.38. The number of halogens is 1. The maximum Gasteiger partial charge on any atom is 0.269 e. The van der Waals surface area contributed by atoms with E-state index >= 15 is 0 Å². The monoisotopic (exact) mass is 313 g/mol. The average Bonchev–Trinajstić information content (AvgIpc) is 2.38. The number of hydrogen-bond acceptors (Lipinski definition) is 5. The number of nitro benzene ring substituents is 1. The quantitative estimate of drug-likeness (QED) is 0.491. The zero-order valence-corrected chi connectivity index (χ0v) is 11.5. The number of ether oxygens (including phenoxy) is 1. The maximum atomic E-state index is 11.4. The van der Waals surface area contributed by atoms with Crippen molar-refractivity contribution in [2.75, 3.05) is 0 Å². The fraction of sp³-hybridized carbons (Fsp3) is 0. The van der Waals surface area contributed by atoms with Crippen LogP contribution in [0.2, 0.25) is 0 Å². The van der Waals surface area contributed by atoms with E-state index in [0.717, 1.165) is 0 Å². The Morgan fingerprint density at radius 2 is 1.65 bits per heavy atom. The second-order valence-corrected chi connectivity index (χ2v) is 6.27. The van der Waals surface area contributed by atoms with Crippen LogP contribution in [0.3, 0.4) is 0 Å². The predicted molar refractivity (Wildman–Crippen MR) is 72.7 cm³/mol. The van der Waals surface area contributed by atoms with Gasteiger partial charge in [0.05, 0.1) is 4.92 Å². The molecular weight excluding hydrogens is 306 g/mol. The number of para-hydroxylation sites is 1. The van der Waals surface area contributed by atoms with Gasteiger partial charge in [-0.15, -0.1) is 0 Å². The molecule has 0 atom stereocenters. The van der Waals surface area contributed by atoms with E-state index < -0.39 is 14.0 Å². The molecule has 0 spiro atoms. The zero-order chi connectivity index (χ0) is 14.8. The summed E-state index contributed by atoms with van der Waals surface area (Å²) >= 11 is 0. The highest BCUT2D eigenvalue weighted by molar-refractivity contribution is 8.13. The van der Waals surface area contributed by atoms with Crippen LogP contribution in [-0.4, -0.2) is 13.3 Å². The Kier molecular flexibility index (Phi) is 3.91. The molecule has 0 aliphatic rings. The Bertz CT molecular complexity index is 743. The lowest BCUT2D eigenvalue weighted by Crippen LogP contribution is -1.95. The van der Waals surface area contributed by atoms with Gasteiger partial charge in [0, 0.05) is 22.8 Å². The number of non-ortho nitro benzene ring substituents is 1. The fourth-order valence-corrected chi connectivity index (χ4v) is 2.47. The van der Waals surface area contributed by atoms with Crippen molar-refractivity contribution >= 4 is 25.4 Å². The summed E-state index contributed by atoms with van der Waals surface area (Å²) in [6, 6.07) is 11.1. The molecular formula is C12H8ClNO5S. The largest absolute Gasteiger partial charge is 0.456 e. The van der Waals surface area contributed by atoms with E-state index in [4.69, 9.17) is 15.4 Å². The average molecular weight is 314 g/mol. The second kappa shape index (κ2) is 5.48. The van der Waals surface area contributed by atoms with Gasteiger partial charge in [0.2, 0.25) is 0 Å². The molecule has 0 radical (unpaired) electrons. The molecule has 6 nitrogen and oxygen atoms in total. The van der Waals surface area contributed by atoms with Crippen LogP contribution < -0.4 is 4.74 Å². The van der Waals surface area contributed by atoms with E-state index in [1.807, 2.05) is 0 Å². The highest BCUT2D eigenvalue weighted by Gasteiger charge is 2.17. The van der Waals surface area contributed by atoms with Crippen molar-refractivity contribution in [2.45, 2.75) is 4.90 Å². The molecule has 0 unspecified atom stereocenters. The number of benzene rings is 2. The molecule has 2 rings (SSSR count). The van der Waals surface area contributed by atoms with Gasteiger partial charge in [-0.05, 0) is 24.3 Å². The van der Waals surface area contributed by atoms with Crippen molar-refractivity contribution in [3.8, 4) is 11.5 Å². The Morgan fingerprint density at radius 1 is 1.05 bits per heavy atom. The molecule has 0 saturated carbocycles.